The van der Waals surface area contributed by atoms with E-state index in [1.165, 1.54) is 11.5 Å². The summed E-state index contributed by atoms with van der Waals surface area (Å²) < 4.78 is 35.9. The number of unbranched alkanes of at least 4 members (excludes halogenated alkanes) is 3. The van der Waals surface area contributed by atoms with Crippen LogP contribution < -0.4 is 9.62 Å². The van der Waals surface area contributed by atoms with Crippen molar-refractivity contribution in [2.24, 2.45) is 0 Å². The van der Waals surface area contributed by atoms with Gasteiger partial charge in [0.2, 0.25) is 10.9 Å². The molecule has 0 saturated carbocycles. The third-order valence-corrected chi connectivity index (χ3v) is 9.50. The number of hydrogen-bond donors (Lipinski definition) is 1. The van der Waals surface area contributed by atoms with Crippen molar-refractivity contribution in [2.45, 2.75) is 30.6 Å². The standard InChI is InChI=1S/C30H29N5O2S2/c36-39(37,28-16-14-24-10-4-6-12-26(24)22-28)35(27-15-13-23-9-3-5-11-25(23)21-27)19-8-2-1-7-17-31-29-33-38-30-32-18-20-34(29)30/h3-6,9-16,18,20-22H,1-2,7-8,17,19H2,(H,31,33). The highest BCUT2D eigenvalue weighted by Gasteiger charge is 2.25. The molecule has 6 rings (SSSR count). The van der Waals surface area contributed by atoms with Gasteiger partial charge >= 0.3 is 0 Å². The zero-order valence-electron chi connectivity index (χ0n) is 21.4. The largest absolute Gasteiger partial charge is 0.355 e. The zero-order valence-corrected chi connectivity index (χ0v) is 23.0. The summed E-state index contributed by atoms with van der Waals surface area (Å²) in [6.45, 7) is 1.23. The Hall–Kier alpha value is -3.95. The zero-order chi connectivity index (χ0) is 26.7. The summed E-state index contributed by atoms with van der Waals surface area (Å²) in [6, 6.07) is 27.1. The van der Waals surface area contributed by atoms with E-state index in [4.69, 9.17) is 0 Å². The second-order valence-electron chi connectivity index (χ2n) is 9.54. The Balaban J connectivity index is 1.16. The molecule has 0 atom stereocenters. The summed E-state index contributed by atoms with van der Waals surface area (Å²) in [6.07, 6.45) is 7.33. The van der Waals surface area contributed by atoms with Crippen molar-refractivity contribution in [1.82, 2.24) is 13.8 Å². The van der Waals surface area contributed by atoms with Crippen LogP contribution in [-0.4, -0.2) is 35.3 Å². The Morgan fingerprint density at radius 1 is 0.795 bits per heavy atom. The minimum Gasteiger partial charge on any atom is -0.355 e. The first-order valence-electron chi connectivity index (χ1n) is 13.1. The van der Waals surface area contributed by atoms with Gasteiger partial charge in [-0.1, -0.05) is 73.5 Å². The van der Waals surface area contributed by atoms with Crippen molar-refractivity contribution in [1.29, 1.82) is 0 Å². The van der Waals surface area contributed by atoms with Crippen LogP contribution >= 0.6 is 11.5 Å². The average Bonchev–Trinajstić information content (AvgIpc) is 3.59. The van der Waals surface area contributed by atoms with E-state index in [9.17, 15) is 8.42 Å². The summed E-state index contributed by atoms with van der Waals surface area (Å²) >= 11 is 1.37. The van der Waals surface area contributed by atoms with Gasteiger partial charge in [-0.05, 0) is 58.7 Å². The normalized spacial score (nSPS) is 11.9. The number of rotatable bonds is 11. The van der Waals surface area contributed by atoms with Gasteiger partial charge < -0.3 is 5.32 Å². The molecule has 6 aromatic rings. The number of nitrogens with zero attached hydrogens (tertiary/aromatic N) is 4. The van der Waals surface area contributed by atoms with Gasteiger partial charge in [-0.25, -0.2) is 13.4 Å². The molecule has 0 aliphatic carbocycles. The number of fused-ring (bicyclic) bond motifs is 3. The predicted octanol–water partition coefficient (Wildman–Crippen LogP) is 6.97. The van der Waals surface area contributed by atoms with Gasteiger partial charge in [0.05, 0.1) is 10.6 Å². The summed E-state index contributed by atoms with van der Waals surface area (Å²) in [4.78, 5) is 5.43. The minimum atomic E-state index is -3.75. The highest BCUT2D eigenvalue weighted by atomic mass is 32.2. The number of nitrogens with one attached hydrogen (secondary N) is 1. The Morgan fingerprint density at radius 2 is 1.49 bits per heavy atom. The molecule has 1 N–H and O–H groups in total. The fourth-order valence-electron chi connectivity index (χ4n) is 4.87. The van der Waals surface area contributed by atoms with Crippen LogP contribution in [0.4, 0.5) is 11.6 Å². The molecule has 0 spiro atoms. The first-order valence-corrected chi connectivity index (χ1v) is 15.3. The molecule has 39 heavy (non-hydrogen) atoms. The smallest absolute Gasteiger partial charge is 0.264 e. The number of aromatic nitrogens is 3. The van der Waals surface area contributed by atoms with Crippen LogP contribution in [0.3, 0.4) is 0 Å². The van der Waals surface area contributed by atoms with Crippen LogP contribution in [0, 0.1) is 0 Å². The number of sulfonamides is 1. The van der Waals surface area contributed by atoms with Crippen molar-refractivity contribution >= 4 is 59.7 Å². The summed E-state index contributed by atoms with van der Waals surface area (Å²) in [7, 11) is -3.75. The highest BCUT2D eigenvalue weighted by molar-refractivity contribution is 7.92. The second-order valence-corrected chi connectivity index (χ2v) is 12.1. The lowest BCUT2D eigenvalue weighted by Crippen LogP contribution is -2.32. The second kappa shape index (κ2) is 11.0. The van der Waals surface area contributed by atoms with E-state index in [1.54, 1.807) is 22.6 Å². The lowest BCUT2D eigenvalue weighted by atomic mass is 10.1. The molecule has 4 aromatic carbocycles. The fourth-order valence-corrected chi connectivity index (χ4v) is 7.07. The first kappa shape index (κ1) is 25.3. The van der Waals surface area contributed by atoms with E-state index in [-0.39, 0.29) is 0 Å². The van der Waals surface area contributed by atoms with Crippen LogP contribution in [-0.2, 0) is 10.0 Å². The van der Waals surface area contributed by atoms with Gasteiger partial charge in [0.25, 0.3) is 10.0 Å². The van der Waals surface area contributed by atoms with Crippen molar-refractivity contribution in [3.8, 4) is 0 Å². The van der Waals surface area contributed by atoms with Crippen LogP contribution in [0.1, 0.15) is 25.7 Å². The van der Waals surface area contributed by atoms with E-state index in [0.29, 0.717) is 17.1 Å². The Kier molecular flexibility index (Phi) is 7.17. The molecule has 0 unspecified atom stereocenters. The van der Waals surface area contributed by atoms with Gasteiger partial charge in [-0.3, -0.25) is 8.71 Å². The van der Waals surface area contributed by atoms with Crippen molar-refractivity contribution in [3.63, 3.8) is 0 Å². The minimum absolute atomic E-state index is 0.313. The highest BCUT2D eigenvalue weighted by Crippen LogP contribution is 2.29. The summed E-state index contributed by atoms with van der Waals surface area (Å²) in [5, 5.41) is 7.42. The van der Waals surface area contributed by atoms with E-state index >= 15 is 0 Å². The maximum Gasteiger partial charge on any atom is 0.264 e. The number of benzene rings is 4. The Morgan fingerprint density at radius 3 is 2.28 bits per heavy atom. The molecular weight excluding hydrogens is 526 g/mol. The van der Waals surface area contributed by atoms with Gasteiger partial charge in [-0.15, -0.1) is 0 Å². The maximum absolute atomic E-state index is 14.0. The molecule has 0 radical (unpaired) electrons. The van der Waals surface area contributed by atoms with Gasteiger partial charge in [0.15, 0.2) is 0 Å². The first-order chi connectivity index (χ1) is 19.1. The van der Waals surface area contributed by atoms with Gasteiger partial charge in [0, 0.05) is 37.0 Å². The van der Waals surface area contributed by atoms with E-state index < -0.39 is 10.0 Å². The molecule has 0 fully saturated rings. The van der Waals surface area contributed by atoms with Gasteiger partial charge in [0.1, 0.15) is 0 Å². The third-order valence-electron chi connectivity index (χ3n) is 6.95. The summed E-state index contributed by atoms with van der Waals surface area (Å²) in [5.74, 6) is 0.816. The molecule has 0 aliphatic heterocycles. The van der Waals surface area contributed by atoms with Crippen LogP contribution in [0.2, 0.25) is 0 Å². The van der Waals surface area contributed by atoms with Crippen molar-refractivity contribution in [3.05, 3.63) is 97.3 Å². The quantitative estimate of drug-likeness (QED) is 0.175. The third kappa shape index (κ3) is 5.32. The summed E-state index contributed by atoms with van der Waals surface area (Å²) in [5.41, 5.74) is 0.691. The molecule has 7 nitrogen and oxygen atoms in total. The predicted molar refractivity (Wildman–Crippen MR) is 160 cm³/mol. The van der Waals surface area contributed by atoms with Crippen molar-refractivity contribution in [2.75, 3.05) is 22.7 Å². The van der Waals surface area contributed by atoms with Gasteiger partial charge in [-0.2, -0.15) is 4.37 Å². The molecule has 2 heterocycles. The molecule has 0 aliphatic rings. The number of imidazole rings is 1. The van der Waals surface area contributed by atoms with E-state index in [1.807, 2.05) is 83.4 Å². The lowest BCUT2D eigenvalue weighted by molar-refractivity contribution is 0.585. The van der Waals surface area contributed by atoms with E-state index in [0.717, 1.165) is 64.7 Å². The molecule has 198 valence electrons. The average molecular weight is 556 g/mol. The van der Waals surface area contributed by atoms with Crippen LogP contribution in [0.15, 0.2) is 102 Å². The molecule has 9 heteroatoms. The molecule has 0 amide bonds. The SMILES string of the molecule is O=S(=O)(c1ccc2ccccc2c1)N(CCCCCCNc1nsc2nccn12)c1ccc2ccccc2c1. The molecule has 0 saturated heterocycles. The number of anilines is 2. The van der Waals surface area contributed by atoms with Crippen LogP contribution in [0.25, 0.3) is 26.5 Å². The molecule has 0 bridgehead atoms. The topological polar surface area (TPSA) is 79.6 Å². The Bertz CT molecular complexity index is 1840. The van der Waals surface area contributed by atoms with Crippen molar-refractivity contribution < 1.29 is 8.42 Å². The Labute approximate surface area is 232 Å². The van der Waals surface area contributed by atoms with E-state index in [2.05, 4.69) is 14.7 Å². The molecular formula is C30H29N5O2S2. The maximum atomic E-state index is 14.0. The monoisotopic (exact) mass is 555 g/mol. The lowest BCUT2D eigenvalue weighted by Gasteiger charge is -2.25. The number of hydrogen-bond acceptors (Lipinski definition) is 6. The fraction of sp³-hybridized carbons (Fsp3) is 0.200. The molecule has 2 aromatic heterocycles. The van der Waals surface area contributed by atoms with Crippen LogP contribution in [0.5, 0.6) is 0 Å².